The summed E-state index contributed by atoms with van der Waals surface area (Å²) in [5, 5.41) is 9.41. The number of aldehydes is 1. The largest absolute Gasteiger partial charge is 0.412 e. The molecule has 6 nitrogen and oxygen atoms in total. The number of nitrogens with two attached hydrogens (primary N) is 2. The minimum atomic E-state index is -0.385. The average molecular weight is 176 g/mol. The van der Waals surface area contributed by atoms with Crippen molar-refractivity contribution in [1.82, 2.24) is 5.32 Å². The van der Waals surface area contributed by atoms with E-state index in [0.717, 1.165) is 6.42 Å². The van der Waals surface area contributed by atoms with Crippen molar-refractivity contribution in [2.24, 2.45) is 11.5 Å². The van der Waals surface area contributed by atoms with Gasteiger partial charge in [0.05, 0.1) is 6.04 Å². The van der Waals surface area contributed by atoms with Crippen LogP contribution in [0.4, 0.5) is 0 Å². The zero-order chi connectivity index (χ0) is 8.69. The van der Waals surface area contributed by atoms with Crippen LogP contribution in [0, 0.1) is 5.41 Å². The Balaban J connectivity index is 0. The Labute approximate surface area is 71.1 Å². The molecule has 0 aliphatic rings. The van der Waals surface area contributed by atoms with Gasteiger partial charge in [-0.1, -0.05) is 0 Å². The molecule has 1 atom stereocenters. The van der Waals surface area contributed by atoms with Gasteiger partial charge in [-0.3, -0.25) is 5.41 Å². The molecule has 0 fully saturated rings. The first-order chi connectivity index (χ1) is 5.16. The van der Waals surface area contributed by atoms with Crippen LogP contribution in [0.2, 0.25) is 0 Å². The van der Waals surface area contributed by atoms with Crippen LogP contribution in [0.5, 0.6) is 0 Å². The van der Waals surface area contributed by atoms with Crippen LogP contribution in [-0.2, 0) is 4.79 Å². The summed E-state index contributed by atoms with van der Waals surface area (Å²) in [5.41, 5.74) is 10.3. The number of carbonyl (C=O) groups excluding carboxylic acids is 1. The van der Waals surface area contributed by atoms with E-state index in [1.807, 2.05) is 0 Å². The third-order valence-electron chi connectivity index (χ3n) is 1.20. The zero-order valence-electron chi connectivity index (χ0n) is 6.84. The lowest BCUT2D eigenvalue weighted by molar-refractivity contribution is -0.109. The predicted molar refractivity (Wildman–Crippen MR) is 46.8 cm³/mol. The van der Waals surface area contributed by atoms with Gasteiger partial charge < -0.3 is 27.1 Å². The van der Waals surface area contributed by atoms with E-state index < -0.39 is 0 Å². The lowest BCUT2D eigenvalue weighted by Crippen LogP contribution is -2.32. The molecule has 0 radical (unpaired) electrons. The molecule has 6 heteroatoms. The van der Waals surface area contributed by atoms with E-state index in [9.17, 15) is 4.79 Å². The van der Waals surface area contributed by atoms with Gasteiger partial charge in [0.1, 0.15) is 6.29 Å². The van der Waals surface area contributed by atoms with Crippen molar-refractivity contribution in [1.29, 1.82) is 5.41 Å². The van der Waals surface area contributed by atoms with E-state index in [2.05, 4.69) is 5.32 Å². The third kappa shape index (κ3) is 8.86. The molecule has 0 amide bonds. The van der Waals surface area contributed by atoms with E-state index >= 15 is 0 Å². The molecular weight excluding hydrogens is 160 g/mol. The number of hydrogen-bond donors (Lipinski definition) is 4. The molecule has 0 aromatic heterocycles. The van der Waals surface area contributed by atoms with Gasteiger partial charge in [-0.15, -0.1) is 0 Å². The fraction of sp³-hybridized carbons (Fsp3) is 0.667. The Kier molecular flexibility index (Phi) is 8.92. The second-order valence-corrected chi connectivity index (χ2v) is 2.28. The molecule has 0 aliphatic heterocycles. The summed E-state index contributed by atoms with van der Waals surface area (Å²) in [6.07, 6.45) is 2.09. The molecule has 0 spiro atoms. The third-order valence-corrected chi connectivity index (χ3v) is 1.20. The Hall–Kier alpha value is -1.14. The van der Waals surface area contributed by atoms with E-state index in [4.69, 9.17) is 16.9 Å². The van der Waals surface area contributed by atoms with Crippen LogP contribution in [0.25, 0.3) is 0 Å². The van der Waals surface area contributed by atoms with Gasteiger partial charge in [-0.25, -0.2) is 0 Å². The summed E-state index contributed by atoms with van der Waals surface area (Å²) in [6.45, 7) is 0.594. The second-order valence-electron chi connectivity index (χ2n) is 2.28. The lowest BCUT2D eigenvalue weighted by atomic mass is 10.2. The molecule has 0 aromatic carbocycles. The topological polar surface area (TPSA) is 136 Å². The average Bonchev–Trinajstić information content (AvgIpc) is 1.97. The monoisotopic (exact) mass is 176 g/mol. The van der Waals surface area contributed by atoms with Crippen molar-refractivity contribution < 1.29 is 10.3 Å². The van der Waals surface area contributed by atoms with Gasteiger partial charge in [0, 0.05) is 6.54 Å². The summed E-state index contributed by atoms with van der Waals surface area (Å²) in [5.74, 6) is -0.0512. The van der Waals surface area contributed by atoms with Gasteiger partial charge in [0.15, 0.2) is 5.96 Å². The van der Waals surface area contributed by atoms with Crippen molar-refractivity contribution in [3.05, 3.63) is 0 Å². The molecule has 0 saturated heterocycles. The van der Waals surface area contributed by atoms with Gasteiger partial charge in [0.25, 0.3) is 0 Å². The Morgan fingerprint density at radius 3 is 2.67 bits per heavy atom. The molecule has 0 saturated carbocycles. The summed E-state index contributed by atoms with van der Waals surface area (Å²) < 4.78 is 0. The highest BCUT2D eigenvalue weighted by Crippen LogP contribution is 1.88. The maximum atomic E-state index is 10.0. The molecule has 0 aliphatic carbocycles. The van der Waals surface area contributed by atoms with E-state index in [0.29, 0.717) is 19.3 Å². The minimum Gasteiger partial charge on any atom is -0.412 e. The van der Waals surface area contributed by atoms with Crippen LogP contribution in [0.15, 0.2) is 0 Å². The maximum absolute atomic E-state index is 10.0. The molecule has 0 unspecified atom stereocenters. The van der Waals surface area contributed by atoms with Gasteiger partial charge in [-0.05, 0) is 12.8 Å². The number of hydrogen-bond acceptors (Lipinski definition) is 3. The summed E-state index contributed by atoms with van der Waals surface area (Å²) in [7, 11) is 0. The lowest BCUT2D eigenvalue weighted by Gasteiger charge is -2.04. The quantitative estimate of drug-likeness (QED) is 0.166. The molecular formula is C6H16N4O2. The minimum absolute atomic E-state index is 0. The zero-order valence-corrected chi connectivity index (χ0v) is 6.84. The first kappa shape index (κ1) is 13.4. The molecule has 0 aromatic rings. The summed E-state index contributed by atoms with van der Waals surface area (Å²) in [6, 6.07) is -0.385. The first-order valence-corrected chi connectivity index (χ1v) is 3.45. The SMILES string of the molecule is N=C(N)NCCC[C@H](N)C=O.O. The van der Waals surface area contributed by atoms with Gasteiger partial charge in [-0.2, -0.15) is 0 Å². The van der Waals surface area contributed by atoms with Crippen LogP contribution in [-0.4, -0.2) is 30.3 Å². The molecule has 8 N–H and O–H groups in total. The maximum Gasteiger partial charge on any atom is 0.185 e. The Morgan fingerprint density at radius 1 is 1.67 bits per heavy atom. The molecule has 72 valence electrons. The number of guanidine groups is 1. The van der Waals surface area contributed by atoms with Crippen molar-refractivity contribution in [3.63, 3.8) is 0 Å². The highest BCUT2D eigenvalue weighted by atomic mass is 16.1. The van der Waals surface area contributed by atoms with Crippen LogP contribution < -0.4 is 16.8 Å². The normalized spacial score (nSPS) is 11.1. The van der Waals surface area contributed by atoms with Gasteiger partial charge in [0.2, 0.25) is 0 Å². The van der Waals surface area contributed by atoms with Crippen molar-refractivity contribution in [2.45, 2.75) is 18.9 Å². The fourth-order valence-electron chi connectivity index (χ4n) is 0.629. The predicted octanol–water partition coefficient (Wildman–Crippen LogP) is -2.05. The van der Waals surface area contributed by atoms with Gasteiger partial charge >= 0.3 is 0 Å². The molecule has 0 heterocycles. The van der Waals surface area contributed by atoms with Crippen molar-refractivity contribution in [3.8, 4) is 0 Å². The van der Waals surface area contributed by atoms with Crippen molar-refractivity contribution >= 4 is 12.2 Å². The molecule has 0 bridgehead atoms. The number of carbonyl (C=O) groups is 1. The molecule has 12 heavy (non-hydrogen) atoms. The standard InChI is InChI=1S/C6H14N4O.H2O/c7-5(4-11)2-1-3-10-6(8)9;/h4-5H,1-3,7H2,(H4,8,9,10);1H2/t5-;/m0./s1. The van der Waals surface area contributed by atoms with Crippen molar-refractivity contribution in [2.75, 3.05) is 6.54 Å². The highest BCUT2D eigenvalue weighted by Gasteiger charge is 1.98. The summed E-state index contributed by atoms with van der Waals surface area (Å²) >= 11 is 0. The number of nitrogens with one attached hydrogen (secondary N) is 2. The summed E-state index contributed by atoms with van der Waals surface area (Å²) in [4.78, 5) is 10.0. The Bertz CT molecular complexity index is 140. The number of rotatable bonds is 5. The van der Waals surface area contributed by atoms with E-state index in [1.54, 1.807) is 0 Å². The van der Waals surface area contributed by atoms with Crippen LogP contribution in [0.3, 0.4) is 0 Å². The Morgan fingerprint density at radius 2 is 2.25 bits per heavy atom. The van der Waals surface area contributed by atoms with E-state index in [1.165, 1.54) is 0 Å². The van der Waals surface area contributed by atoms with Crippen LogP contribution in [0.1, 0.15) is 12.8 Å². The first-order valence-electron chi connectivity index (χ1n) is 3.45. The fourth-order valence-corrected chi connectivity index (χ4v) is 0.629. The van der Waals surface area contributed by atoms with Crippen LogP contribution >= 0.6 is 0 Å². The second kappa shape index (κ2) is 7.96. The van der Waals surface area contributed by atoms with E-state index in [-0.39, 0.29) is 17.5 Å². The smallest absolute Gasteiger partial charge is 0.185 e. The highest BCUT2D eigenvalue weighted by molar-refractivity contribution is 5.74. The molecule has 0 rings (SSSR count).